The molecular weight excluding hydrogens is 404 g/mol. The summed E-state index contributed by atoms with van der Waals surface area (Å²) in [7, 11) is 0. The summed E-state index contributed by atoms with van der Waals surface area (Å²) in [5.41, 5.74) is 1.61. The minimum Gasteiger partial charge on any atom is -0.480 e. The second kappa shape index (κ2) is 8.89. The minimum absolute atomic E-state index is 0.133. The van der Waals surface area contributed by atoms with Crippen LogP contribution in [0.25, 0.3) is 21.5 Å². The predicted octanol–water partition coefficient (Wildman–Crippen LogP) is 4.38. The molecule has 3 N–H and O–H groups in total. The molecule has 160 valence electrons. The highest BCUT2D eigenvalue weighted by Crippen LogP contribution is 2.29. The predicted molar refractivity (Wildman–Crippen MR) is 125 cm³/mol. The van der Waals surface area contributed by atoms with E-state index < -0.39 is 17.9 Å². The number of hydrogen-bond donors (Lipinski definition) is 3. The summed E-state index contributed by atoms with van der Waals surface area (Å²) in [6, 6.07) is 23.0. The van der Waals surface area contributed by atoms with Crippen molar-refractivity contribution in [3.8, 4) is 0 Å². The van der Waals surface area contributed by atoms with Gasteiger partial charge < -0.3 is 15.7 Å². The van der Waals surface area contributed by atoms with Crippen LogP contribution >= 0.6 is 0 Å². The summed E-state index contributed by atoms with van der Waals surface area (Å²) in [5.74, 6) is -1.89. The maximum absolute atomic E-state index is 12.8. The first-order valence-corrected chi connectivity index (χ1v) is 10.2. The number of carboxylic acids is 1. The van der Waals surface area contributed by atoms with Crippen molar-refractivity contribution in [3.63, 3.8) is 0 Å². The van der Waals surface area contributed by atoms with Crippen molar-refractivity contribution in [1.29, 1.82) is 0 Å². The second-order valence-electron chi connectivity index (χ2n) is 7.63. The second-order valence-corrected chi connectivity index (χ2v) is 7.63. The number of hydrogen-bond acceptors (Lipinski definition) is 3. The molecule has 0 saturated carbocycles. The fraction of sp³-hybridized carbons (Fsp3) is 0.115. The number of carbonyl (C=O) groups excluding carboxylic acids is 2. The van der Waals surface area contributed by atoms with Gasteiger partial charge in [-0.1, -0.05) is 54.6 Å². The number of rotatable bonds is 6. The van der Waals surface area contributed by atoms with E-state index in [2.05, 4.69) is 16.7 Å². The third-order valence-corrected chi connectivity index (χ3v) is 5.34. The standard InChI is InChI=1S/C26H22N2O4/c1-16(29)27-20-10-6-9-19(14-20)25(30)28-24(26(31)32)15-23-21-11-4-2-7-17(21)13-18-8-3-5-12-22(18)23/h2-14,24H,15H2,1H3,(H,27,29)(H,28,30)(H,31,32)/t24-/m1/s1. The smallest absolute Gasteiger partial charge is 0.326 e. The van der Waals surface area contributed by atoms with Crippen molar-refractivity contribution < 1.29 is 19.5 Å². The van der Waals surface area contributed by atoms with Crippen molar-refractivity contribution in [2.45, 2.75) is 19.4 Å². The van der Waals surface area contributed by atoms with E-state index >= 15 is 0 Å². The Morgan fingerprint density at radius 3 is 2.06 bits per heavy atom. The number of amides is 2. The van der Waals surface area contributed by atoms with Gasteiger partial charge in [0.05, 0.1) is 0 Å². The summed E-state index contributed by atoms with van der Waals surface area (Å²) in [4.78, 5) is 36.2. The fourth-order valence-electron chi connectivity index (χ4n) is 3.92. The number of carboxylic acid groups (broad SMARTS) is 1. The van der Waals surface area contributed by atoms with Gasteiger partial charge in [-0.05, 0) is 51.4 Å². The highest BCUT2D eigenvalue weighted by molar-refractivity contribution is 6.03. The van der Waals surface area contributed by atoms with E-state index in [1.807, 2.05) is 48.5 Å². The molecule has 4 aromatic rings. The Balaban J connectivity index is 1.68. The summed E-state index contributed by atoms with van der Waals surface area (Å²) in [5, 5.41) is 19.1. The van der Waals surface area contributed by atoms with E-state index in [0.717, 1.165) is 27.1 Å². The van der Waals surface area contributed by atoms with Crippen LogP contribution in [0.15, 0.2) is 78.9 Å². The van der Waals surface area contributed by atoms with Gasteiger partial charge in [-0.25, -0.2) is 4.79 Å². The van der Waals surface area contributed by atoms with Gasteiger partial charge >= 0.3 is 5.97 Å². The quantitative estimate of drug-likeness (QED) is 0.399. The van der Waals surface area contributed by atoms with Gasteiger partial charge in [0.1, 0.15) is 6.04 Å². The van der Waals surface area contributed by atoms with Gasteiger partial charge in [-0.2, -0.15) is 0 Å². The number of fused-ring (bicyclic) bond motifs is 2. The lowest BCUT2D eigenvalue weighted by Crippen LogP contribution is -2.42. The normalized spacial score (nSPS) is 11.8. The number of anilines is 1. The molecule has 0 fully saturated rings. The molecule has 0 heterocycles. The number of carbonyl (C=O) groups is 3. The van der Waals surface area contributed by atoms with Crippen LogP contribution in [0.1, 0.15) is 22.8 Å². The Bertz CT molecular complexity index is 1290. The van der Waals surface area contributed by atoms with Crippen molar-refractivity contribution in [1.82, 2.24) is 5.32 Å². The SMILES string of the molecule is CC(=O)Nc1cccc(C(=O)N[C@H](Cc2c3ccccc3cc3ccccc23)C(=O)O)c1. The third-order valence-electron chi connectivity index (χ3n) is 5.34. The van der Waals surface area contributed by atoms with Crippen molar-refractivity contribution in [2.24, 2.45) is 0 Å². The Kier molecular flexibility index (Phi) is 5.85. The Morgan fingerprint density at radius 2 is 1.47 bits per heavy atom. The molecule has 0 unspecified atom stereocenters. The monoisotopic (exact) mass is 426 g/mol. The van der Waals surface area contributed by atoms with Gasteiger partial charge in [-0.15, -0.1) is 0 Å². The molecule has 0 aromatic heterocycles. The molecule has 0 saturated heterocycles. The Morgan fingerprint density at radius 1 is 0.844 bits per heavy atom. The molecule has 0 aliphatic rings. The molecule has 0 spiro atoms. The van der Waals surface area contributed by atoms with E-state index in [1.165, 1.54) is 13.0 Å². The third kappa shape index (κ3) is 4.44. The van der Waals surface area contributed by atoms with Crippen LogP contribution in [0.3, 0.4) is 0 Å². The van der Waals surface area contributed by atoms with Crippen LogP contribution in [-0.2, 0) is 16.0 Å². The van der Waals surface area contributed by atoms with Gasteiger partial charge in [0.15, 0.2) is 0 Å². The average molecular weight is 426 g/mol. The molecule has 4 rings (SSSR count). The van der Waals surface area contributed by atoms with Crippen LogP contribution in [-0.4, -0.2) is 28.9 Å². The van der Waals surface area contributed by atoms with E-state index in [4.69, 9.17) is 0 Å². The first kappa shape index (κ1) is 21.1. The highest BCUT2D eigenvalue weighted by atomic mass is 16.4. The number of benzene rings is 4. The van der Waals surface area contributed by atoms with Crippen molar-refractivity contribution in [3.05, 3.63) is 90.0 Å². The van der Waals surface area contributed by atoms with Gasteiger partial charge in [0.25, 0.3) is 5.91 Å². The molecule has 0 radical (unpaired) electrons. The zero-order valence-electron chi connectivity index (χ0n) is 17.5. The number of nitrogens with one attached hydrogen (secondary N) is 2. The minimum atomic E-state index is -1.12. The lowest BCUT2D eigenvalue weighted by molar-refractivity contribution is -0.139. The Labute approximate surface area is 184 Å². The number of aliphatic carboxylic acids is 1. The van der Waals surface area contributed by atoms with Crippen LogP contribution in [0.4, 0.5) is 5.69 Å². The summed E-state index contributed by atoms with van der Waals surface area (Å²) >= 11 is 0. The summed E-state index contributed by atoms with van der Waals surface area (Å²) in [6.45, 7) is 1.38. The van der Waals surface area contributed by atoms with Crippen LogP contribution in [0, 0.1) is 0 Å². The topological polar surface area (TPSA) is 95.5 Å². The van der Waals surface area contributed by atoms with E-state index in [-0.39, 0.29) is 17.9 Å². The molecule has 0 aliphatic heterocycles. The maximum atomic E-state index is 12.8. The van der Waals surface area contributed by atoms with Gasteiger partial charge in [-0.3, -0.25) is 9.59 Å². The van der Waals surface area contributed by atoms with Crippen LogP contribution in [0.2, 0.25) is 0 Å². The first-order chi connectivity index (χ1) is 15.4. The summed E-state index contributed by atoms with van der Waals surface area (Å²) in [6.07, 6.45) is 0.133. The summed E-state index contributed by atoms with van der Waals surface area (Å²) < 4.78 is 0. The molecule has 6 heteroatoms. The molecule has 0 bridgehead atoms. The largest absolute Gasteiger partial charge is 0.480 e. The average Bonchev–Trinajstić information content (AvgIpc) is 2.77. The van der Waals surface area contributed by atoms with Gasteiger partial charge in [0, 0.05) is 24.6 Å². The maximum Gasteiger partial charge on any atom is 0.326 e. The molecular formula is C26H22N2O4. The molecule has 6 nitrogen and oxygen atoms in total. The van der Waals surface area contributed by atoms with Crippen LogP contribution < -0.4 is 10.6 Å². The lowest BCUT2D eigenvalue weighted by atomic mass is 9.92. The zero-order chi connectivity index (χ0) is 22.7. The van der Waals surface area contributed by atoms with Crippen LogP contribution in [0.5, 0.6) is 0 Å². The molecule has 2 amide bonds. The first-order valence-electron chi connectivity index (χ1n) is 10.2. The fourth-order valence-corrected chi connectivity index (χ4v) is 3.92. The molecule has 4 aromatic carbocycles. The van der Waals surface area contributed by atoms with Crippen molar-refractivity contribution >= 4 is 45.0 Å². The highest BCUT2D eigenvalue weighted by Gasteiger charge is 2.23. The molecule has 32 heavy (non-hydrogen) atoms. The van der Waals surface area contributed by atoms with Crippen molar-refractivity contribution in [2.75, 3.05) is 5.32 Å². The molecule has 0 aliphatic carbocycles. The van der Waals surface area contributed by atoms with E-state index in [9.17, 15) is 19.5 Å². The lowest BCUT2D eigenvalue weighted by Gasteiger charge is -2.18. The van der Waals surface area contributed by atoms with E-state index in [0.29, 0.717) is 5.69 Å². The van der Waals surface area contributed by atoms with E-state index in [1.54, 1.807) is 18.2 Å². The molecule has 1 atom stereocenters. The van der Waals surface area contributed by atoms with Gasteiger partial charge in [0.2, 0.25) is 5.91 Å². The zero-order valence-corrected chi connectivity index (χ0v) is 17.5. The Hall–Kier alpha value is -4.19.